The van der Waals surface area contributed by atoms with Crippen molar-refractivity contribution in [1.82, 2.24) is 5.32 Å². The highest BCUT2D eigenvalue weighted by atomic mass is 35.5. The summed E-state index contributed by atoms with van der Waals surface area (Å²) in [6.45, 7) is 0. The lowest BCUT2D eigenvalue weighted by Crippen LogP contribution is -3.00. The fraction of sp³-hybridized carbons (Fsp3) is 0.148. The lowest BCUT2D eigenvalue weighted by molar-refractivity contribution is -0.358. The number of fused-ring (bicyclic) bond motifs is 2. The molecule has 1 aromatic heterocycles. The van der Waals surface area contributed by atoms with Crippen LogP contribution in [0.2, 0.25) is 0 Å². The summed E-state index contributed by atoms with van der Waals surface area (Å²) in [6.07, 6.45) is 0.704. The number of aromatic amines is 1. The van der Waals surface area contributed by atoms with Gasteiger partial charge in [0.25, 0.3) is 5.91 Å². The minimum Gasteiger partial charge on any atom is -1.00 e. The molecule has 0 fully saturated rings. The number of halogens is 2. The van der Waals surface area contributed by atoms with Crippen LogP contribution in [0.1, 0.15) is 27.2 Å². The quantitative estimate of drug-likeness (QED) is 0.417. The fourth-order valence-electron chi connectivity index (χ4n) is 4.46. The number of rotatable bonds is 4. The fourth-order valence-corrected chi connectivity index (χ4v) is 4.46. The predicted octanol–water partition coefficient (Wildman–Crippen LogP) is 0.399. The molecule has 7 heteroatoms. The molecular weight excluding hydrogens is 455 g/mol. The van der Waals surface area contributed by atoms with E-state index in [0.29, 0.717) is 24.0 Å². The van der Waals surface area contributed by atoms with Crippen molar-refractivity contribution in [3.05, 3.63) is 113 Å². The molecule has 34 heavy (non-hydrogen) atoms. The molecule has 4 aromatic rings. The van der Waals surface area contributed by atoms with Gasteiger partial charge in [0.2, 0.25) is 11.4 Å². The van der Waals surface area contributed by atoms with E-state index in [1.165, 1.54) is 12.1 Å². The summed E-state index contributed by atoms with van der Waals surface area (Å²) in [5.41, 5.74) is 2.83. The van der Waals surface area contributed by atoms with Gasteiger partial charge in [0, 0.05) is 30.2 Å². The van der Waals surface area contributed by atoms with Gasteiger partial charge >= 0.3 is 0 Å². The Balaban J connectivity index is 0.00000105. The molecular formula is C27H24ClFN2O3. The maximum absolute atomic E-state index is 13.5. The van der Waals surface area contributed by atoms with Crippen LogP contribution < -0.4 is 22.7 Å². The number of hydrogen-bond donors (Lipinski definition) is 2. The Morgan fingerprint density at radius 2 is 1.53 bits per heavy atom. The maximum atomic E-state index is 13.5. The van der Waals surface area contributed by atoms with E-state index in [9.17, 15) is 14.0 Å². The first-order valence-corrected chi connectivity index (χ1v) is 10.6. The standard InChI is InChI=1S/C26H19FN2O2.CH4O.ClH/c27-19-12-9-17(10-13-19)15-26(16-20-14-11-18-5-1-4-8-23(18)28-20)22-7-3-2-6-21(22)24(30)29-25(26)31;1-2;/h1-14H,15-16H2,(H,29,30,31);2H,1H3;1H. The van der Waals surface area contributed by atoms with Crippen LogP contribution in [0, 0.1) is 5.82 Å². The van der Waals surface area contributed by atoms with Crippen LogP contribution in [0.15, 0.2) is 84.9 Å². The summed E-state index contributed by atoms with van der Waals surface area (Å²) >= 11 is 0. The first-order chi connectivity index (χ1) is 16.0. The molecule has 0 spiro atoms. The van der Waals surface area contributed by atoms with Gasteiger partial charge in [-0.05, 0) is 47.9 Å². The largest absolute Gasteiger partial charge is 1.00 e. The Bertz CT molecular complexity index is 1330. The zero-order chi connectivity index (χ0) is 23.4. The van der Waals surface area contributed by atoms with Gasteiger partial charge in [-0.15, -0.1) is 0 Å². The van der Waals surface area contributed by atoms with Crippen LogP contribution in [-0.4, -0.2) is 24.0 Å². The topological polar surface area (TPSA) is 80.5 Å². The average molecular weight is 479 g/mol. The molecule has 5 rings (SSSR count). The lowest BCUT2D eigenvalue weighted by atomic mass is 9.68. The number of benzene rings is 3. The Morgan fingerprint density at radius 1 is 0.853 bits per heavy atom. The third kappa shape index (κ3) is 4.69. The number of pyridine rings is 1. The molecule has 1 atom stereocenters. The van der Waals surface area contributed by atoms with Crippen molar-refractivity contribution < 1.29 is 36.5 Å². The van der Waals surface area contributed by atoms with Crippen LogP contribution >= 0.6 is 0 Å². The SMILES string of the molecule is CO.O=C1NC(=O)C(Cc2ccc(F)cc2)(Cc2ccc3ccccc3[nH+]2)c2ccccc21.[Cl-]. The normalized spacial score (nSPS) is 16.6. The molecule has 0 aliphatic carbocycles. The molecule has 0 radical (unpaired) electrons. The number of aromatic nitrogens is 1. The van der Waals surface area contributed by atoms with Gasteiger partial charge < -0.3 is 17.5 Å². The molecule has 1 unspecified atom stereocenters. The molecule has 3 aromatic carbocycles. The number of carbonyl (C=O) groups is 2. The number of H-pyrrole nitrogens is 1. The van der Waals surface area contributed by atoms with Gasteiger partial charge in [0.1, 0.15) is 5.82 Å². The van der Waals surface area contributed by atoms with E-state index in [1.54, 1.807) is 24.3 Å². The van der Waals surface area contributed by atoms with Crippen LogP contribution in [0.5, 0.6) is 0 Å². The predicted molar refractivity (Wildman–Crippen MR) is 123 cm³/mol. The Morgan fingerprint density at radius 3 is 2.29 bits per heavy atom. The van der Waals surface area contributed by atoms with Gasteiger partial charge in [0.05, 0.1) is 11.8 Å². The van der Waals surface area contributed by atoms with Crippen molar-refractivity contribution in [3.63, 3.8) is 0 Å². The highest BCUT2D eigenvalue weighted by molar-refractivity contribution is 6.13. The highest BCUT2D eigenvalue weighted by Gasteiger charge is 2.48. The number of imide groups is 1. The minimum atomic E-state index is -1.01. The van der Waals surface area contributed by atoms with Crippen molar-refractivity contribution in [2.24, 2.45) is 0 Å². The van der Waals surface area contributed by atoms with Crippen molar-refractivity contribution in [1.29, 1.82) is 0 Å². The first kappa shape index (κ1) is 25.0. The molecule has 1 aliphatic rings. The van der Waals surface area contributed by atoms with Gasteiger partial charge in [-0.25, -0.2) is 9.37 Å². The van der Waals surface area contributed by atoms with Gasteiger partial charge in [-0.1, -0.05) is 42.5 Å². The Hall–Kier alpha value is -3.61. The number of nitrogens with one attached hydrogen (secondary N) is 2. The monoisotopic (exact) mass is 478 g/mol. The smallest absolute Gasteiger partial charge is 0.258 e. The average Bonchev–Trinajstić information content (AvgIpc) is 2.85. The summed E-state index contributed by atoms with van der Waals surface area (Å²) in [5, 5.41) is 10.6. The Labute approximate surface area is 203 Å². The first-order valence-electron chi connectivity index (χ1n) is 10.6. The van der Waals surface area contributed by atoms with E-state index in [-0.39, 0.29) is 24.1 Å². The molecule has 1 aliphatic heterocycles. The van der Waals surface area contributed by atoms with E-state index in [2.05, 4.69) is 10.3 Å². The molecule has 0 saturated carbocycles. The molecule has 0 saturated heterocycles. The Kier molecular flexibility index (Phi) is 7.76. The van der Waals surface area contributed by atoms with E-state index in [0.717, 1.165) is 29.3 Å². The number of aliphatic hydroxyl groups excluding tert-OH is 1. The molecule has 2 heterocycles. The van der Waals surface area contributed by atoms with E-state index in [1.807, 2.05) is 48.5 Å². The maximum Gasteiger partial charge on any atom is 0.258 e. The third-order valence-electron chi connectivity index (χ3n) is 5.98. The number of aliphatic hydroxyl groups is 1. The van der Waals surface area contributed by atoms with Crippen molar-refractivity contribution in [2.75, 3.05) is 7.11 Å². The van der Waals surface area contributed by atoms with Gasteiger partial charge in [0.15, 0.2) is 5.69 Å². The summed E-state index contributed by atoms with van der Waals surface area (Å²) in [7, 11) is 1.00. The van der Waals surface area contributed by atoms with Crippen LogP contribution in [-0.2, 0) is 23.1 Å². The van der Waals surface area contributed by atoms with E-state index < -0.39 is 11.3 Å². The second-order valence-corrected chi connectivity index (χ2v) is 7.96. The zero-order valence-electron chi connectivity index (χ0n) is 18.5. The van der Waals surface area contributed by atoms with Crippen molar-refractivity contribution in [2.45, 2.75) is 18.3 Å². The molecule has 0 bridgehead atoms. The van der Waals surface area contributed by atoms with Crippen LogP contribution in [0.3, 0.4) is 0 Å². The van der Waals surface area contributed by atoms with E-state index >= 15 is 0 Å². The second kappa shape index (κ2) is 10.5. The number of amides is 2. The summed E-state index contributed by atoms with van der Waals surface area (Å²) in [4.78, 5) is 29.4. The summed E-state index contributed by atoms with van der Waals surface area (Å²) < 4.78 is 13.5. The molecule has 3 N–H and O–H groups in total. The zero-order valence-corrected chi connectivity index (χ0v) is 19.3. The highest BCUT2D eigenvalue weighted by Crippen LogP contribution is 2.37. The van der Waals surface area contributed by atoms with E-state index in [4.69, 9.17) is 5.11 Å². The third-order valence-corrected chi connectivity index (χ3v) is 5.98. The van der Waals surface area contributed by atoms with Gasteiger partial charge in [-0.3, -0.25) is 14.9 Å². The second-order valence-electron chi connectivity index (χ2n) is 7.96. The van der Waals surface area contributed by atoms with Crippen molar-refractivity contribution >= 4 is 22.7 Å². The van der Waals surface area contributed by atoms with Gasteiger partial charge in [-0.2, -0.15) is 0 Å². The number of carbonyl (C=O) groups excluding carboxylic acids is 2. The van der Waals surface area contributed by atoms with Crippen LogP contribution in [0.25, 0.3) is 10.9 Å². The number of para-hydroxylation sites is 1. The lowest BCUT2D eigenvalue weighted by Gasteiger charge is -2.36. The van der Waals surface area contributed by atoms with Crippen LogP contribution in [0.4, 0.5) is 4.39 Å². The summed E-state index contributed by atoms with van der Waals surface area (Å²) in [5.74, 6) is -1.07. The minimum absolute atomic E-state index is 0. The molecule has 5 nitrogen and oxygen atoms in total. The van der Waals surface area contributed by atoms with Crippen molar-refractivity contribution in [3.8, 4) is 0 Å². The number of hydrogen-bond acceptors (Lipinski definition) is 3. The molecule has 2 amide bonds. The summed E-state index contributed by atoms with van der Waals surface area (Å²) in [6, 6.07) is 25.3. The molecule has 174 valence electrons.